The van der Waals surface area contributed by atoms with Crippen molar-refractivity contribution in [3.05, 3.63) is 64.4 Å². The second-order valence-electron chi connectivity index (χ2n) is 6.72. The number of nitrogens with zero attached hydrogens (tertiary/aromatic N) is 2. The number of carbonyl (C=O) groups excluding carboxylic acids is 1. The second kappa shape index (κ2) is 10.3. The number of aromatic nitrogens is 2. The average molecular weight is 439 g/mol. The largest absolute Gasteiger partial charge is 0.496 e. The second-order valence-corrected chi connectivity index (χ2v) is 6.72. The molecule has 2 aromatic carbocycles. The minimum Gasteiger partial charge on any atom is -0.496 e. The normalized spacial score (nSPS) is 10.4. The van der Waals surface area contributed by atoms with E-state index in [0.717, 1.165) is 10.2 Å². The zero-order chi connectivity index (χ0) is 23.1. The standard InChI is InChI=1S/C23H25N3O6/c1-29-18-8-6-5-7-15(18)13-24-21(27)14-26-22(28)10-9-17(25-26)16-11-19(30-2)23(32-4)20(12-16)31-3/h5-12H,13-14H2,1-4H3,(H,24,27). The third-order valence-electron chi connectivity index (χ3n) is 4.79. The van der Waals surface area contributed by atoms with E-state index >= 15 is 0 Å². The minimum atomic E-state index is -0.395. The first-order valence-electron chi connectivity index (χ1n) is 9.77. The van der Waals surface area contributed by atoms with E-state index in [0.29, 0.717) is 34.3 Å². The Bertz CT molecular complexity index is 1130. The van der Waals surface area contributed by atoms with E-state index in [9.17, 15) is 9.59 Å². The molecule has 0 bridgehead atoms. The number of hydrogen-bond donors (Lipinski definition) is 1. The number of methoxy groups -OCH3 is 4. The van der Waals surface area contributed by atoms with E-state index in [1.165, 1.54) is 27.4 Å². The number of benzene rings is 2. The van der Waals surface area contributed by atoms with Crippen LogP contribution in [0.15, 0.2) is 53.3 Å². The van der Waals surface area contributed by atoms with Crippen molar-refractivity contribution in [3.63, 3.8) is 0 Å². The van der Waals surface area contributed by atoms with Crippen LogP contribution in [0, 0.1) is 0 Å². The summed E-state index contributed by atoms with van der Waals surface area (Å²) in [6.45, 7) is 0.0381. The Morgan fingerprint density at radius 2 is 1.56 bits per heavy atom. The third-order valence-corrected chi connectivity index (χ3v) is 4.79. The summed E-state index contributed by atoms with van der Waals surface area (Å²) in [6, 6.07) is 13.8. The predicted octanol–water partition coefficient (Wildman–Crippen LogP) is 2.26. The molecule has 0 radical (unpaired) electrons. The molecule has 3 rings (SSSR count). The van der Waals surface area contributed by atoms with Crippen LogP contribution in [0.1, 0.15) is 5.56 Å². The molecule has 0 aliphatic rings. The van der Waals surface area contributed by atoms with E-state index in [1.807, 2.05) is 24.3 Å². The van der Waals surface area contributed by atoms with Gasteiger partial charge in [0.1, 0.15) is 12.3 Å². The fraction of sp³-hybridized carbons (Fsp3) is 0.261. The zero-order valence-corrected chi connectivity index (χ0v) is 18.4. The van der Waals surface area contributed by atoms with Crippen LogP contribution >= 0.6 is 0 Å². The van der Waals surface area contributed by atoms with Crippen LogP contribution in [0.2, 0.25) is 0 Å². The maximum atomic E-state index is 12.5. The van der Waals surface area contributed by atoms with Gasteiger partial charge in [-0.3, -0.25) is 9.59 Å². The van der Waals surface area contributed by atoms with Crippen LogP contribution < -0.4 is 29.8 Å². The van der Waals surface area contributed by atoms with Crippen molar-refractivity contribution in [2.45, 2.75) is 13.1 Å². The van der Waals surface area contributed by atoms with Gasteiger partial charge in [-0.25, -0.2) is 4.68 Å². The Labute approximate surface area is 185 Å². The van der Waals surface area contributed by atoms with E-state index in [-0.39, 0.29) is 19.0 Å². The minimum absolute atomic E-state index is 0.230. The number of ether oxygens (including phenoxy) is 4. The van der Waals surface area contributed by atoms with Crippen LogP contribution in [0.3, 0.4) is 0 Å². The lowest BCUT2D eigenvalue weighted by atomic mass is 10.1. The van der Waals surface area contributed by atoms with E-state index in [1.54, 1.807) is 25.3 Å². The van der Waals surface area contributed by atoms with Crippen molar-refractivity contribution in [2.75, 3.05) is 28.4 Å². The molecule has 0 saturated carbocycles. The Morgan fingerprint density at radius 1 is 0.906 bits per heavy atom. The Morgan fingerprint density at radius 3 is 2.19 bits per heavy atom. The summed E-state index contributed by atoms with van der Waals surface area (Å²) in [4.78, 5) is 24.8. The Balaban J connectivity index is 1.82. The molecule has 32 heavy (non-hydrogen) atoms. The van der Waals surface area contributed by atoms with Crippen molar-refractivity contribution in [1.29, 1.82) is 0 Å². The van der Waals surface area contributed by atoms with Gasteiger partial charge in [-0.05, 0) is 24.3 Å². The van der Waals surface area contributed by atoms with Gasteiger partial charge in [0.25, 0.3) is 5.56 Å². The lowest BCUT2D eigenvalue weighted by molar-refractivity contribution is -0.122. The molecule has 0 saturated heterocycles. The fourth-order valence-electron chi connectivity index (χ4n) is 3.18. The molecular formula is C23H25N3O6. The van der Waals surface area contributed by atoms with Gasteiger partial charge >= 0.3 is 0 Å². The van der Waals surface area contributed by atoms with Gasteiger partial charge < -0.3 is 24.3 Å². The van der Waals surface area contributed by atoms with E-state index in [2.05, 4.69) is 10.4 Å². The van der Waals surface area contributed by atoms with Gasteiger partial charge in [0.15, 0.2) is 11.5 Å². The highest BCUT2D eigenvalue weighted by atomic mass is 16.5. The third kappa shape index (κ3) is 5.00. The summed E-state index contributed by atoms with van der Waals surface area (Å²) in [5.41, 5.74) is 1.55. The smallest absolute Gasteiger partial charge is 0.267 e. The fourth-order valence-corrected chi connectivity index (χ4v) is 3.18. The summed E-state index contributed by atoms with van der Waals surface area (Å²) in [6.07, 6.45) is 0. The van der Waals surface area contributed by atoms with Gasteiger partial charge in [0.05, 0.1) is 34.1 Å². The van der Waals surface area contributed by atoms with Crippen molar-refractivity contribution in [3.8, 4) is 34.3 Å². The van der Waals surface area contributed by atoms with Crippen molar-refractivity contribution >= 4 is 5.91 Å². The van der Waals surface area contributed by atoms with Gasteiger partial charge in [0, 0.05) is 23.7 Å². The monoisotopic (exact) mass is 439 g/mol. The molecule has 1 amide bonds. The predicted molar refractivity (Wildman–Crippen MR) is 118 cm³/mol. The van der Waals surface area contributed by atoms with Crippen molar-refractivity contribution in [1.82, 2.24) is 15.1 Å². The average Bonchev–Trinajstić information content (AvgIpc) is 2.83. The highest BCUT2D eigenvalue weighted by molar-refractivity contribution is 5.75. The van der Waals surface area contributed by atoms with Crippen molar-refractivity contribution < 1.29 is 23.7 Å². The van der Waals surface area contributed by atoms with Crippen LogP contribution in [0.5, 0.6) is 23.0 Å². The summed E-state index contributed by atoms with van der Waals surface area (Å²) >= 11 is 0. The van der Waals surface area contributed by atoms with Gasteiger partial charge in [-0.2, -0.15) is 5.10 Å². The first-order chi connectivity index (χ1) is 15.5. The van der Waals surface area contributed by atoms with Gasteiger partial charge in [-0.15, -0.1) is 0 Å². The molecule has 3 aromatic rings. The Hall–Kier alpha value is -4.01. The summed E-state index contributed by atoms with van der Waals surface area (Å²) in [7, 11) is 6.11. The molecule has 168 valence electrons. The molecular weight excluding hydrogens is 414 g/mol. The number of hydrogen-bond acceptors (Lipinski definition) is 7. The SMILES string of the molecule is COc1ccccc1CNC(=O)Cn1nc(-c2cc(OC)c(OC)c(OC)c2)ccc1=O. The van der Waals surface area contributed by atoms with Gasteiger partial charge in [0.2, 0.25) is 11.7 Å². The first-order valence-corrected chi connectivity index (χ1v) is 9.77. The topological polar surface area (TPSA) is 101 Å². The summed E-state index contributed by atoms with van der Waals surface area (Å²) < 4.78 is 22.5. The summed E-state index contributed by atoms with van der Waals surface area (Å²) in [5.74, 6) is 1.68. The molecule has 0 aliphatic carbocycles. The number of rotatable bonds is 9. The number of carbonyl (C=O) groups is 1. The van der Waals surface area contributed by atoms with Crippen LogP contribution in [0.25, 0.3) is 11.3 Å². The zero-order valence-electron chi connectivity index (χ0n) is 18.4. The lowest BCUT2D eigenvalue weighted by Crippen LogP contribution is -2.33. The van der Waals surface area contributed by atoms with Gasteiger partial charge in [-0.1, -0.05) is 18.2 Å². The number of amides is 1. The molecule has 0 fully saturated rings. The molecule has 0 unspecified atom stereocenters. The highest BCUT2D eigenvalue weighted by Gasteiger charge is 2.16. The molecule has 0 spiro atoms. The number of para-hydroxylation sites is 1. The highest BCUT2D eigenvalue weighted by Crippen LogP contribution is 2.40. The van der Waals surface area contributed by atoms with E-state index in [4.69, 9.17) is 18.9 Å². The number of nitrogens with one attached hydrogen (secondary N) is 1. The maximum absolute atomic E-state index is 12.5. The maximum Gasteiger partial charge on any atom is 0.267 e. The Kier molecular flexibility index (Phi) is 7.33. The molecule has 1 aromatic heterocycles. The van der Waals surface area contributed by atoms with Crippen LogP contribution in [-0.4, -0.2) is 44.1 Å². The molecule has 1 heterocycles. The molecule has 0 aliphatic heterocycles. The quantitative estimate of drug-likeness (QED) is 0.546. The van der Waals surface area contributed by atoms with E-state index < -0.39 is 5.56 Å². The lowest BCUT2D eigenvalue weighted by Gasteiger charge is -2.14. The van der Waals surface area contributed by atoms with Crippen LogP contribution in [-0.2, 0) is 17.9 Å². The summed E-state index contributed by atoms with van der Waals surface area (Å²) in [5, 5.41) is 7.13. The molecule has 1 N–H and O–H groups in total. The van der Waals surface area contributed by atoms with Crippen LogP contribution in [0.4, 0.5) is 0 Å². The first kappa shape index (κ1) is 22.7. The van der Waals surface area contributed by atoms with Crippen molar-refractivity contribution in [2.24, 2.45) is 0 Å². The molecule has 0 atom stereocenters. The molecule has 9 heteroatoms. The molecule has 9 nitrogen and oxygen atoms in total.